The first-order valence-electron chi connectivity index (χ1n) is 5.83. The van der Waals surface area contributed by atoms with Gasteiger partial charge in [0, 0.05) is 35.7 Å². The maximum absolute atomic E-state index is 11.9. The van der Waals surface area contributed by atoms with Crippen LogP contribution in [0.5, 0.6) is 0 Å². The number of carbonyl (C=O) groups is 2. The van der Waals surface area contributed by atoms with Gasteiger partial charge in [0.15, 0.2) is 0 Å². The fourth-order valence-electron chi connectivity index (χ4n) is 1.82. The van der Waals surface area contributed by atoms with Crippen LogP contribution in [-0.4, -0.2) is 39.7 Å². The van der Waals surface area contributed by atoms with Crippen LogP contribution < -0.4 is 5.32 Å². The van der Waals surface area contributed by atoms with Gasteiger partial charge in [-0.2, -0.15) is 0 Å². The van der Waals surface area contributed by atoms with Crippen LogP contribution in [0.3, 0.4) is 0 Å². The van der Waals surface area contributed by atoms with Crippen molar-refractivity contribution in [1.82, 2.24) is 10.3 Å². The molecule has 2 aromatic rings. The number of fused-ring (bicyclic) bond motifs is 1. The van der Waals surface area contributed by atoms with Crippen molar-refractivity contribution in [2.24, 2.45) is 0 Å². The van der Waals surface area contributed by atoms with Gasteiger partial charge < -0.3 is 20.5 Å². The van der Waals surface area contributed by atoms with Crippen molar-refractivity contribution in [2.75, 3.05) is 6.61 Å². The van der Waals surface area contributed by atoms with Gasteiger partial charge in [-0.3, -0.25) is 4.79 Å². The SMILES string of the molecule is O=C(N[C@@H](CCO)C(=O)O)c1ccc2[nH]ccc2c1. The summed E-state index contributed by atoms with van der Waals surface area (Å²) >= 11 is 0. The summed E-state index contributed by atoms with van der Waals surface area (Å²) in [7, 11) is 0. The van der Waals surface area contributed by atoms with Gasteiger partial charge in [-0.25, -0.2) is 4.79 Å². The molecule has 0 aliphatic rings. The lowest BCUT2D eigenvalue weighted by molar-refractivity contribution is -0.139. The molecule has 1 aromatic heterocycles. The summed E-state index contributed by atoms with van der Waals surface area (Å²) in [5.41, 5.74) is 1.29. The minimum absolute atomic E-state index is 0.0204. The number of nitrogens with one attached hydrogen (secondary N) is 2. The number of amides is 1. The van der Waals surface area contributed by atoms with Gasteiger partial charge in [0.2, 0.25) is 0 Å². The molecule has 0 aliphatic carbocycles. The Morgan fingerprint density at radius 1 is 1.32 bits per heavy atom. The van der Waals surface area contributed by atoms with Crippen LogP contribution in [0.2, 0.25) is 0 Å². The van der Waals surface area contributed by atoms with E-state index in [9.17, 15) is 9.59 Å². The van der Waals surface area contributed by atoms with Crippen molar-refractivity contribution >= 4 is 22.8 Å². The standard InChI is InChI=1S/C13H14N2O4/c16-6-4-11(13(18)19)15-12(17)9-1-2-10-8(7-9)3-5-14-10/h1-3,5,7,11,14,16H,4,6H2,(H,15,17)(H,18,19)/t11-/m0/s1. The van der Waals surface area contributed by atoms with Crippen LogP contribution in [0.1, 0.15) is 16.8 Å². The Labute approximate surface area is 109 Å². The number of carboxylic acids is 1. The van der Waals surface area contributed by atoms with Crippen molar-refractivity contribution in [3.8, 4) is 0 Å². The van der Waals surface area contributed by atoms with E-state index in [-0.39, 0.29) is 13.0 Å². The van der Waals surface area contributed by atoms with Gasteiger partial charge in [0.25, 0.3) is 5.91 Å². The highest BCUT2D eigenvalue weighted by atomic mass is 16.4. The molecular weight excluding hydrogens is 248 g/mol. The van der Waals surface area contributed by atoms with E-state index in [4.69, 9.17) is 10.2 Å². The van der Waals surface area contributed by atoms with Crippen molar-refractivity contribution in [3.63, 3.8) is 0 Å². The molecule has 1 amide bonds. The highest BCUT2D eigenvalue weighted by molar-refractivity contribution is 5.99. The second-order valence-electron chi connectivity index (χ2n) is 4.16. The van der Waals surface area contributed by atoms with Crippen molar-refractivity contribution in [3.05, 3.63) is 36.0 Å². The smallest absolute Gasteiger partial charge is 0.326 e. The van der Waals surface area contributed by atoms with E-state index in [2.05, 4.69) is 10.3 Å². The van der Waals surface area contributed by atoms with Crippen LogP contribution in [0.15, 0.2) is 30.5 Å². The highest BCUT2D eigenvalue weighted by Gasteiger charge is 2.20. The van der Waals surface area contributed by atoms with E-state index in [1.807, 2.05) is 6.07 Å². The molecule has 0 saturated carbocycles. The number of aliphatic hydroxyl groups excluding tert-OH is 1. The lowest BCUT2D eigenvalue weighted by atomic mass is 10.1. The Hall–Kier alpha value is -2.34. The monoisotopic (exact) mass is 262 g/mol. The number of hydrogen-bond donors (Lipinski definition) is 4. The number of hydrogen-bond acceptors (Lipinski definition) is 3. The number of H-pyrrole nitrogens is 1. The summed E-state index contributed by atoms with van der Waals surface area (Å²) in [6.07, 6.45) is 1.74. The maximum Gasteiger partial charge on any atom is 0.326 e. The lowest BCUT2D eigenvalue weighted by Gasteiger charge is -2.13. The summed E-state index contributed by atoms with van der Waals surface area (Å²) in [6, 6.07) is 5.80. The summed E-state index contributed by atoms with van der Waals surface area (Å²) < 4.78 is 0. The molecule has 1 atom stereocenters. The van der Waals surface area contributed by atoms with Gasteiger partial charge >= 0.3 is 5.97 Å². The first-order valence-corrected chi connectivity index (χ1v) is 5.83. The van der Waals surface area contributed by atoms with Crippen LogP contribution >= 0.6 is 0 Å². The molecule has 0 unspecified atom stereocenters. The first-order chi connectivity index (χ1) is 9.11. The number of carbonyl (C=O) groups excluding carboxylic acids is 1. The first kappa shape index (κ1) is 13.1. The zero-order valence-electron chi connectivity index (χ0n) is 10.1. The molecule has 2 rings (SSSR count). The molecule has 0 radical (unpaired) electrons. The third kappa shape index (κ3) is 2.92. The minimum atomic E-state index is -1.16. The van der Waals surface area contributed by atoms with Crippen LogP contribution in [-0.2, 0) is 4.79 Å². The highest BCUT2D eigenvalue weighted by Crippen LogP contribution is 2.14. The lowest BCUT2D eigenvalue weighted by Crippen LogP contribution is -2.41. The second-order valence-corrected chi connectivity index (χ2v) is 4.16. The quantitative estimate of drug-likeness (QED) is 0.638. The predicted octanol–water partition coefficient (Wildman–Crippen LogP) is 0.733. The molecule has 0 aliphatic heterocycles. The number of aliphatic carboxylic acids is 1. The Kier molecular flexibility index (Phi) is 3.82. The Bertz CT molecular complexity index is 605. The van der Waals surface area contributed by atoms with Crippen LogP contribution in [0.4, 0.5) is 0 Å². The molecule has 0 fully saturated rings. The van der Waals surface area contributed by atoms with E-state index in [1.54, 1.807) is 24.4 Å². The Morgan fingerprint density at radius 3 is 2.79 bits per heavy atom. The van der Waals surface area contributed by atoms with Crippen molar-refractivity contribution in [2.45, 2.75) is 12.5 Å². The largest absolute Gasteiger partial charge is 0.480 e. The molecule has 6 heteroatoms. The van der Waals surface area contributed by atoms with Gasteiger partial charge in [-0.1, -0.05) is 0 Å². The Balaban J connectivity index is 2.16. The molecule has 1 heterocycles. The molecule has 0 bridgehead atoms. The third-order valence-electron chi connectivity index (χ3n) is 2.84. The molecule has 19 heavy (non-hydrogen) atoms. The fourth-order valence-corrected chi connectivity index (χ4v) is 1.82. The summed E-state index contributed by atoms with van der Waals surface area (Å²) in [4.78, 5) is 25.8. The third-order valence-corrected chi connectivity index (χ3v) is 2.84. The molecule has 100 valence electrons. The number of aromatic nitrogens is 1. The fraction of sp³-hybridized carbons (Fsp3) is 0.231. The number of rotatable bonds is 5. The number of aliphatic hydroxyl groups is 1. The van der Waals surface area contributed by atoms with Gasteiger partial charge in [0.05, 0.1) is 0 Å². The van der Waals surface area contributed by atoms with E-state index in [0.717, 1.165) is 10.9 Å². The average molecular weight is 262 g/mol. The molecule has 0 spiro atoms. The Morgan fingerprint density at radius 2 is 2.11 bits per heavy atom. The number of aromatic amines is 1. The average Bonchev–Trinajstić information content (AvgIpc) is 2.85. The van der Waals surface area contributed by atoms with Crippen molar-refractivity contribution in [1.29, 1.82) is 0 Å². The van der Waals surface area contributed by atoms with Gasteiger partial charge in [-0.15, -0.1) is 0 Å². The van der Waals surface area contributed by atoms with Gasteiger partial charge in [0.1, 0.15) is 6.04 Å². The van der Waals surface area contributed by atoms with Crippen LogP contribution in [0, 0.1) is 0 Å². The molecule has 4 N–H and O–H groups in total. The number of carboxylic acid groups (broad SMARTS) is 1. The van der Waals surface area contributed by atoms with E-state index >= 15 is 0 Å². The number of benzene rings is 1. The van der Waals surface area contributed by atoms with Crippen LogP contribution in [0.25, 0.3) is 10.9 Å². The summed E-state index contributed by atoms with van der Waals surface area (Å²) in [6.45, 7) is -0.298. The molecule has 0 saturated heterocycles. The molecule has 6 nitrogen and oxygen atoms in total. The van der Waals surface area contributed by atoms with Crippen molar-refractivity contribution < 1.29 is 19.8 Å². The van der Waals surface area contributed by atoms with E-state index in [1.165, 1.54) is 0 Å². The van der Waals surface area contributed by atoms with E-state index in [0.29, 0.717) is 5.56 Å². The maximum atomic E-state index is 11.9. The van der Waals surface area contributed by atoms with E-state index < -0.39 is 17.9 Å². The molecular formula is C13H14N2O4. The second kappa shape index (κ2) is 5.53. The normalized spacial score (nSPS) is 12.3. The minimum Gasteiger partial charge on any atom is -0.480 e. The zero-order chi connectivity index (χ0) is 13.8. The predicted molar refractivity (Wildman–Crippen MR) is 68.9 cm³/mol. The molecule has 1 aromatic carbocycles. The topological polar surface area (TPSA) is 102 Å². The van der Waals surface area contributed by atoms with Gasteiger partial charge in [-0.05, 0) is 24.3 Å². The zero-order valence-corrected chi connectivity index (χ0v) is 10.1. The summed E-state index contributed by atoms with van der Waals surface area (Å²) in [5.74, 6) is -1.63. The summed E-state index contributed by atoms with van der Waals surface area (Å²) in [5, 5.41) is 20.9.